The molecule has 2 aromatic carbocycles. The second kappa shape index (κ2) is 7.17. The molecule has 0 saturated carbocycles. The van der Waals surface area contributed by atoms with Crippen molar-refractivity contribution in [3.63, 3.8) is 0 Å². The number of carbonyl (C=O) groups is 2. The molecular formula is C16H14BrFN2O2. The van der Waals surface area contributed by atoms with Crippen LogP contribution in [-0.2, 0) is 11.2 Å². The monoisotopic (exact) mass is 364 g/mol. The summed E-state index contributed by atoms with van der Waals surface area (Å²) in [6.45, 7) is 0. The average Bonchev–Trinajstić information content (AvgIpc) is 2.49. The van der Waals surface area contributed by atoms with E-state index in [0.29, 0.717) is 0 Å². The first-order chi connectivity index (χ1) is 10.5. The molecule has 114 valence electrons. The van der Waals surface area contributed by atoms with Crippen molar-refractivity contribution in [1.29, 1.82) is 0 Å². The van der Waals surface area contributed by atoms with Crippen LogP contribution in [-0.4, -0.2) is 17.9 Å². The molecule has 0 heterocycles. The Kier molecular flexibility index (Phi) is 5.27. The number of amides is 2. The Balaban J connectivity index is 2.12. The Bertz CT molecular complexity index is 689. The van der Waals surface area contributed by atoms with Gasteiger partial charge in [0.2, 0.25) is 5.91 Å². The van der Waals surface area contributed by atoms with Crippen molar-refractivity contribution in [1.82, 2.24) is 5.32 Å². The normalized spacial score (nSPS) is 11.7. The molecule has 0 aromatic heterocycles. The van der Waals surface area contributed by atoms with Crippen LogP contribution in [0.4, 0.5) is 4.39 Å². The first kappa shape index (κ1) is 16.2. The third kappa shape index (κ3) is 4.14. The van der Waals surface area contributed by atoms with E-state index in [9.17, 15) is 14.0 Å². The van der Waals surface area contributed by atoms with E-state index < -0.39 is 23.7 Å². The molecule has 3 N–H and O–H groups in total. The zero-order chi connectivity index (χ0) is 16.1. The molecule has 0 aliphatic carbocycles. The Morgan fingerprint density at radius 1 is 1.14 bits per heavy atom. The molecule has 4 nitrogen and oxygen atoms in total. The predicted octanol–water partition coefficient (Wildman–Crippen LogP) is 2.41. The highest BCUT2D eigenvalue weighted by Crippen LogP contribution is 2.12. The lowest BCUT2D eigenvalue weighted by Gasteiger charge is -2.16. The van der Waals surface area contributed by atoms with Crippen molar-refractivity contribution in [2.45, 2.75) is 12.5 Å². The Labute approximate surface area is 135 Å². The van der Waals surface area contributed by atoms with Gasteiger partial charge < -0.3 is 11.1 Å². The van der Waals surface area contributed by atoms with Crippen LogP contribution in [0.5, 0.6) is 0 Å². The first-order valence-corrected chi connectivity index (χ1v) is 7.36. The van der Waals surface area contributed by atoms with Gasteiger partial charge in [-0.15, -0.1) is 0 Å². The zero-order valence-corrected chi connectivity index (χ0v) is 13.1. The number of hydrogen-bond acceptors (Lipinski definition) is 2. The smallest absolute Gasteiger partial charge is 0.254 e. The average molecular weight is 365 g/mol. The summed E-state index contributed by atoms with van der Waals surface area (Å²) in [6, 6.07) is 11.9. The molecular weight excluding hydrogens is 351 g/mol. The maximum atomic E-state index is 13.6. The molecule has 0 radical (unpaired) electrons. The van der Waals surface area contributed by atoms with Crippen molar-refractivity contribution < 1.29 is 14.0 Å². The number of benzene rings is 2. The van der Waals surface area contributed by atoms with Crippen LogP contribution >= 0.6 is 15.9 Å². The van der Waals surface area contributed by atoms with Crippen LogP contribution in [0, 0.1) is 5.82 Å². The molecule has 0 aliphatic rings. The predicted molar refractivity (Wildman–Crippen MR) is 84.7 cm³/mol. The van der Waals surface area contributed by atoms with Gasteiger partial charge >= 0.3 is 0 Å². The minimum atomic E-state index is -0.909. The second-order valence-corrected chi connectivity index (χ2v) is 5.65. The van der Waals surface area contributed by atoms with Crippen LogP contribution in [0.3, 0.4) is 0 Å². The maximum absolute atomic E-state index is 13.6. The fourth-order valence-corrected chi connectivity index (χ4v) is 2.22. The van der Waals surface area contributed by atoms with Gasteiger partial charge in [-0.25, -0.2) is 4.39 Å². The van der Waals surface area contributed by atoms with Gasteiger partial charge in [0, 0.05) is 10.9 Å². The number of primary amides is 1. The van der Waals surface area contributed by atoms with Gasteiger partial charge in [0.25, 0.3) is 5.91 Å². The molecule has 2 rings (SSSR count). The Hall–Kier alpha value is -2.21. The standard InChI is InChI=1S/C16H14BrFN2O2/c17-11-7-5-10(6-8-11)9-14(15(19)21)20-16(22)12-3-1-2-4-13(12)18/h1-8,14H,9H2,(H2,19,21)(H,20,22)/t14-/m0/s1. The highest BCUT2D eigenvalue weighted by molar-refractivity contribution is 9.10. The number of nitrogens with one attached hydrogen (secondary N) is 1. The van der Waals surface area contributed by atoms with Gasteiger partial charge in [0.05, 0.1) is 5.56 Å². The fraction of sp³-hybridized carbons (Fsp3) is 0.125. The van der Waals surface area contributed by atoms with E-state index in [2.05, 4.69) is 21.2 Å². The molecule has 0 bridgehead atoms. The summed E-state index contributed by atoms with van der Waals surface area (Å²) in [5.74, 6) is -1.99. The van der Waals surface area contributed by atoms with Crippen molar-refractivity contribution in [3.05, 3.63) is 69.9 Å². The lowest BCUT2D eigenvalue weighted by Crippen LogP contribution is -2.46. The van der Waals surface area contributed by atoms with E-state index in [1.807, 2.05) is 24.3 Å². The molecule has 0 spiro atoms. The molecule has 2 aromatic rings. The van der Waals surface area contributed by atoms with Gasteiger partial charge in [-0.3, -0.25) is 9.59 Å². The van der Waals surface area contributed by atoms with E-state index in [1.54, 1.807) is 6.07 Å². The quantitative estimate of drug-likeness (QED) is 0.854. The van der Waals surface area contributed by atoms with Gasteiger partial charge in [-0.1, -0.05) is 40.2 Å². The van der Waals surface area contributed by atoms with Crippen LogP contribution in [0.1, 0.15) is 15.9 Å². The lowest BCUT2D eigenvalue weighted by molar-refractivity contribution is -0.119. The molecule has 1 atom stereocenters. The molecule has 22 heavy (non-hydrogen) atoms. The SMILES string of the molecule is NC(=O)[C@H](Cc1ccc(Br)cc1)NC(=O)c1ccccc1F. The Morgan fingerprint density at radius 3 is 2.36 bits per heavy atom. The number of nitrogens with two attached hydrogens (primary N) is 1. The summed E-state index contributed by atoms with van der Waals surface area (Å²) in [7, 11) is 0. The first-order valence-electron chi connectivity index (χ1n) is 6.56. The molecule has 0 unspecified atom stereocenters. The lowest BCUT2D eigenvalue weighted by atomic mass is 10.0. The van der Waals surface area contributed by atoms with Crippen molar-refractivity contribution in [2.24, 2.45) is 5.73 Å². The van der Waals surface area contributed by atoms with Gasteiger partial charge in [-0.2, -0.15) is 0 Å². The van der Waals surface area contributed by atoms with Crippen molar-refractivity contribution in [3.8, 4) is 0 Å². The molecule has 6 heteroatoms. The van der Waals surface area contributed by atoms with E-state index >= 15 is 0 Å². The fourth-order valence-electron chi connectivity index (χ4n) is 1.96. The summed E-state index contributed by atoms with van der Waals surface area (Å²) in [4.78, 5) is 23.6. The summed E-state index contributed by atoms with van der Waals surface area (Å²) >= 11 is 3.32. The highest BCUT2D eigenvalue weighted by atomic mass is 79.9. The van der Waals surface area contributed by atoms with Crippen LogP contribution in [0.15, 0.2) is 53.0 Å². The summed E-state index contributed by atoms with van der Waals surface area (Å²) in [5, 5.41) is 2.47. The van der Waals surface area contributed by atoms with Gasteiger partial charge in [0.15, 0.2) is 0 Å². The van der Waals surface area contributed by atoms with Gasteiger partial charge in [0.1, 0.15) is 11.9 Å². The van der Waals surface area contributed by atoms with E-state index in [4.69, 9.17) is 5.73 Å². The summed E-state index contributed by atoms with van der Waals surface area (Å²) in [5.41, 5.74) is 6.04. The minimum absolute atomic E-state index is 0.121. The molecule has 2 amide bonds. The molecule has 0 saturated heterocycles. The summed E-state index contributed by atoms with van der Waals surface area (Å²) in [6.07, 6.45) is 0.239. The topological polar surface area (TPSA) is 72.2 Å². The van der Waals surface area contributed by atoms with Crippen LogP contribution < -0.4 is 11.1 Å². The highest BCUT2D eigenvalue weighted by Gasteiger charge is 2.21. The number of hydrogen-bond donors (Lipinski definition) is 2. The number of rotatable bonds is 5. The number of carbonyl (C=O) groups excluding carboxylic acids is 2. The van der Waals surface area contributed by atoms with Gasteiger partial charge in [-0.05, 0) is 29.8 Å². The molecule has 0 aliphatic heterocycles. The number of halogens is 2. The van der Waals surface area contributed by atoms with E-state index in [0.717, 1.165) is 10.0 Å². The Morgan fingerprint density at radius 2 is 1.77 bits per heavy atom. The van der Waals surface area contributed by atoms with E-state index in [-0.39, 0.29) is 12.0 Å². The van der Waals surface area contributed by atoms with Crippen molar-refractivity contribution >= 4 is 27.7 Å². The van der Waals surface area contributed by atoms with Crippen LogP contribution in [0.25, 0.3) is 0 Å². The zero-order valence-electron chi connectivity index (χ0n) is 11.6. The molecule has 0 fully saturated rings. The third-order valence-corrected chi connectivity index (χ3v) is 3.65. The minimum Gasteiger partial charge on any atom is -0.368 e. The third-order valence-electron chi connectivity index (χ3n) is 3.12. The summed E-state index contributed by atoms with van der Waals surface area (Å²) < 4.78 is 14.5. The second-order valence-electron chi connectivity index (χ2n) is 4.74. The van der Waals surface area contributed by atoms with Crippen molar-refractivity contribution in [2.75, 3.05) is 0 Å². The van der Waals surface area contributed by atoms with E-state index in [1.165, 1.54) is 18.2 Å². The largest absolute Gasteiger partial charge is 0.368 e. The van der Waals surface area contributed by atoms with Crippen LogP contribution in [0.2, 0.25) is 0 Å². The maximum Gasteiger partial charge on any atom is 0.254 e.